The van der Waals surface area contributed by atoms with Gasteiger partial charge < -0.3 is 10.6 Å². The van der Waals surface area contributed by atoms with Crippen LogP contribution in [0.5, 0.6) is 0 Å². The molecule has 2 N–H and O–H groups in total. The van der Waals surface area contributed by atoms with Crippen LogP contribution in [-0.4, -0.2) is 33.6 Å². The van der Waals surface area contributed by atoms with Crippen LogP contribution in [0.15, 0.2) is 66.3 Å². The molecule has 1 atom stereocenters. The fourth-order valence-corrected chi connectivity index (χ4v) is 3.78. The van der Waals surface area contributed by atoms with Gasteiger partial charge in [-0.15, -0.1) is 11.3 Å². The summed E-state index contributed by atoms with van der Waals surface area (Å²) in [6, 6.07) is 11.3. The van der Waals surface area contributed by atoms with Gasteiger partial charge in [-0.25, -0.2) is 18.4 Å². The van der Waals surface area contributed by atoms with Crippen molar-refractivity contribution in [1.29, 1.82) is 0 Å². The number of nitrogens with one attached hydrogen (secondary N) is 2. The Bertz CT molecular complexity index is 1270. The first-order chi connectivity index (χ1) is 15.5. The highest BCUT2D eigenvalue weighted by Gasteiger charge is 2.25. The van der Waals surface area contributed by atoms with Gasteiger partial charge in [-0.1, -0.05) is 24.3 Å². The average molecular weight is 453 g/mol. The average Bonchev–Trinajstić information content (AvgIpc) is 3.49. The zero-order valence-corrected chi connectivity index (χ0v) is 17.6. The molecular weight excluding hydrogens is 436 g/mol. The molecule has 2 amide bonds. The Morgan fingerprint density at radius 3 is 2.59 bits per heavy atom. The largest absolute Gasteiger partial charge is 0.357 e. The summed E-state index contributed by atoms with van der Waals surface area (Å²) in [5, 5.41) is 11.4. The summed E-state index contributed by atoms with van der Waals surface area (Å²) in [4.78, 5) is 29.3. The normalized spacial score (nSPS) is 11.7. The molecule has 2 aromatic heterocycles. The molecule has 0 aliphatic heterocycles. The molecule has 32 heavy (non-hydrogen) atoms. The molecule has 7 nitrogen and oxygen atoms in total. The number of aromatic nitrogens is 3. The van der Waals surface area contributed by atoms with E-state index in [1.807, 2.05) is 30.3 Å². The smallest absolute Gasteiger partial charge is 0.271 e. The Morgan fingerprint density at radius 2 is 1.88 bits per heavy atom. The van der Waals surface area contributed by atoms with Crippen molar-refractivity contribution >= 4 is 23.2 Å². The number of carbonyl (C=O) groups excluding carboxylic acids is 2. The van der Waals surface area contributed by atoms with Crippen LogP contribution >= 0.6 is 11.3 Å². The third-order valence-electron chi connectivity index (χ3n) is 4.65. The second-order valence-corrected chi connectivity index (χ2v) is 7.60. The van der Waals surface area contributed by atoms with Crippen molar-refractivity contribution in [3.05, 3.63) is 89.2 Å². The molecule has 1 unspecified atom stereocenters. The minimum atomic E-state index is -1.21. The summed E-state index contributed by atoms with van der Waals surface area (Å²) in [6.07, 6.45) is 3.44. The van der Waals surface area contributed by atoms with E-state index in [2.05, 4.69) is 20.7 Å². The number of benzene rings is 2. The van der Waals surface area contributed by atoms with Crippen molar-refractivity contribution in [2.45, 2.75) is 6.04 Å². The van der Waals surface area contributed by atoms with Crippen LogP contribution in [0, 0.1) is 11.6 Å². The van der Waals surface area contributed by atoms with Crippen molar-refractivity contribution in [2.24, 2.45) is 0 Å². The zero-order chi connectivity index (χ0) is 22.7. The first-order valence-electron chi connectivity index (χ1n) is 9.49. The van der Waals surface area contributed by atoms with Crippen LogP contribution in [0.2, 0.25) is 0 Å². The topological polar surface area (TPSA) is 88.9 Å². The molecule has 0 saturated heterocycles. The third kappa shape index (κ3) is 4.40. The molecule has 2 aromatic carbocycles. The third-order valence-corrected chi connectivity index (χ3v) is 5.54. The highest BCUT2D eigenvalue weighted by molar-refractivity contribution is 7.13. The maximum absolute atomic E-state index is 13.6. The minimum absolute atomic E-state index is 0.0916. The summed E-state index contributed by atoms with van der Waals surface area (Å²) in [5.74, 6) is -3.36. The number of nitrogens with zero attached hydrogens (tertiary/aromatic N) is 3. The molecule has 0 radical (unpaired) electrons. The van der Waals surface area contributed by atoms with Gasteiger partial charge in [0.05, 0.1) is 11.9 Å². The van der Waals surface area contributed by atoms with E-state index in [4.69, 9.17) is 0 Å². The molecule has 4 aromatic rings. The van der Waals surface area contributed by atoms with Crippen molar-refractivity contribution in [2.75, 3.05) is 7.05 Å². The van der Waals surface area contributed by atoms with E-state index >= 15 is 0 Å². The first kappa shape index (κ1) is 21.3. The maximum atomic E-state index is 13.6. The number of hydrogen-bond acceptors (Lipinski definition) is 5. The summed E-state index contributed by atoms with van der Waals surface area (Å²) < 4.78 is 28.6. The number of amides is 2. The van der Waals surface area contributed by atoms with Crippen LogP contribution in [0.1, 0.15) is 22.1 Å². The SMILES string of the molecule is CNC(=O)C(NC(=O)c1csc(-c2cnn(-c3ccccc3)c2)n1)c1ccc(F)c(F)c1. The molecule has 0 fully saturated rings. The van der Waals surface area contributed by atoms with Crippen LogP contribution in [0.3, 0.4) is 0 Å². The quantitative estimate of drug-likeness (QED) is 0.468. The van der Waals surface area contributed by atoms with Gasteiger partial charge in [0.25, 0.3) is 5.91 Å². The number of hydrogen-bond donors (Lipinski definition) is 2. The van der Waals surface area contributed by atoms with Crippen LogP contribution < -0.4 is 10.6 Å². The second-order valence-electron chi connectivity index (χ2n) is 6.74. The number of likely N-dealkylation sites (N-methyl/N-ethyl adjacent to an activating group) is 1. The standard InChI is InChI=1S/C22H17F2N5O2S/c1-25-21(31)19(13-7-8-16(23)17(24)9-13)28-20(30)18-12-32-22(27-18)14-10-26-29(11-14)15-5-3-2-4-6-15/h2-12,19H,1H3,(H,25,31)(H,28,30). The lowest BCUT2D eigenvalue weighted by molar-refractivity contribution is -0.122. The van der Waals surface area contributed by atoms with E-state index in [0.29, 0.717) is 5.01 Å². The van der Waals surface area contributed by atoms with Crippen LogP contribution in [0.25, 0.3) is 16.3 Å². The van der Waals surface area contributed by atoms with Gasteiger partial charge in [-0.2, -0.15) is 5.10 Å². The molecule has 0 spiro atoms. The predicted molar refractivity (Wildman–Crippen MR) is 115 cm³/mol. The van der Waals surface area contributed by atoms with E-state index in [-0.39, 0.29) is 11.3 Å². The summed E-state index contributed by atoms with van der Waals surface area (Å²) in [5.41, 5.74) is 1.81. The fourth-order valence-electron chi connectivity index (χ4n) is 3.01. The highest BCUT2D eigenvalue weighted by Crippen LogP contribution is 2.25. The zero-order valence-electron chi connectivity index (χ0n) is 16.8. The second kappa shape index (κ2) is 9.06. The van der Waals surface area contributed by atoms with Gasteiger partial charge in [-0.05, 0) is 29.8 Å². The lowest BCUT2D eigenvalue weighted by Crippen LogP contribution is -2.39. The molecule has 0 bridgehead atoms. The summed E-state index contributed by atoms with van der Waals surface area (Å²) in [7, 11) is 1.38. The lowest BCUT2D eigenvalue weighted by atomic mass is 10.1. The van der Waals surface area contributed by atoms with E-state index in [1.54, 1.807) is 22.5 Å². The molecule has 0 saturated carbocycles. The Morgan fingerprint density at radius 1 is 1.09 bits per heavy atom. The van der Waals surface area contributed by atoms with Gasteiger partial charge >= 0.3 is 0 Å². The molecule has 4 rings (SSSR count). The van der Waals surface area contributed by atoms with Crippen molar-refractivity contribution in [1.82, 2.24) is 25.4 Å². The molecular formula is C22H17F2N5O2S. The number of carbonyl (C=O) groups is 2. The van der Waals surface area contributed by atoms with E-state index in [9.17, 15) is 18.4 Å². The van der Waals surface area contributed by atoms with Gasteiger partial charge in [0.1, 0.15) is 16.7 Å². The summed E-state index contributed by atoms with van der Waals surface area (Å²) >= 11 is 1.25. The van der Waals surface area contributed by atoms with Gasteiger partial charge in [-0.3, -0.25) is 9.59 Å². The first-order valence-corrected chi connectivity index (χ1v) is 10.4. The minimum Gasteiger partial charge on any atom is -0.357 e. The van der Waals surface area contributed by atoms with Crippen LogP contribution in [-0.2, 0) is 4.79 Å². The lowest BCUT2D eigenvalue weighted by Gasteiger charge is -2.17. The van der Waals surface area contributed by atoms with Gasteiger partial charge in [0.15, 0.2) is 11.6 Å². The predicted octanol–water partition coefficient (Wildman–Crippen LogP) is 3.49. The van der Waals surface area contributed by atoms with Crippen molar-refractivity contribution in [3.63, 3.8) is 0 Å². The summed E-state index contributed by atoms with van der Waals surface area (Å²) in [6.45, 7) is 0. The van der Waals surface area contributed by atoms with E-state index < -0.39 is 29.5 Å². The Kier molecular flexibility index (Phi) is 6.04. The molecule has 0 aliphatic carbocycles. The monoisotopic (exact) mass is 453 g/mol. The number of rotatable bonds is 6. The van der Waals surface area contributed by atoms with Crippen LogP contribution in [0.4, 0.5) is 8.78 Å². The maximum Gasteiger partial charge on any atom is 0.271 e. The number of halogens is 2. The van der Waals surface area contributed by atoms with Gasteiger partial charge in [0.2, 0.25) is 5.91 Å². The fraction of sp³-hybridized carbons (Fsp3) is 0.0909. The van der Waals surface area contributed by atoms with E-state index in [0.717, 1.165) is 23.4 Å². The molecule has 162 valence electrons. The van der Waals surface area contributed by atoms with Crippen molar-refractivity contribution in [3.8, 4) is 16.3 Å². The Labute approximate surface area is 185 Å². The van der Waals surface area contributed by atoms with Gasteiger partial charge in [0, 0.05) is 24.2 Å². The molecule has 10 heteroatoms. The van der Waals surface area contributed by atoms with E-state index in [1.165, 1.54) is 24.5 Å². The highest BCUT2D eigenvalue weighted by atomic mass is 32.1. The Balaban J connectivity index is 1.54. The van der Waals surface area contributed by atoms with Crippen molar-refractivity contribution < 1.29 is 18.4 Å². The Hall–Kier alpha value is -3.92. The molecule has 2 heterocycles. The number of para-hydroxylation sites is 1. The molecule has 0 aliphatic rings. The number of thiazole rings is 1.